The molecule has 0 fully saturated rings. The zero-order valence-electron chi connectivity index (χ0n) is 15.2. The van der Waals surface area contributed by atoms with Gasteiger partial charge in [0, 0.05) is 25.7 Å². The van der Waals surface area contributed by atoms with E-state index in [0.29, 0.717) is 38.0 Å². The predicted molar refractivity (Wildman–Crippen MR) is 114 cm³/mol. The van der Waals surface area contributed by atoms with Crippen molar-refractivity contribution in [2.24, 2.45) is 4.99 Å². The van der Waals surface area contributed by atoms with E-state index in [1.807, 2.05) is 43.1 Å². The molecule has 0 saturated carbocycles. The first-order valence-corrected chi connectivity index (χ1v) is 8.49. The Hall–Kier alpha value is -0.770. The molecule has 144 valence electrons. The van der Waals surface area contributed by atoms with E-state index in [2.05, 4.69) is 10.3 Å². The molecule has 0 amide bonds. The molecule has 0 heterocycles. The molecule has 0 atom stereocenters. The highest BCUT2D eigenvalue weighted by molar-refractivity contribution is 14.0. The van der Waals surface area contributed by atoms with Gasteiger partial charge < -0.3 is 24.4 Å². The smallest absolute Gasteiger partial charge is 0.193 e. The lowest BCUT2D eigenvalue weighted by Gasteiger charge is -2.22. The second-order valence-electron chi connectivity index (χ2n) is 5.06. The predicted octanol–water partition coefficient (Wildman–Crippen LogP) is 2.90. The number of hydrogen-bond donors (Lipinski definition) is 1. The second kappa shape index (κ2) is 15.5. The second-order valence-corrected chi connectivity index (χ2v) is 5.50. The minimum Gasteiger partial charge on any atom is -0.492 e. The monoisotopic (exact) mass is 485 g/mol. The Labute approximate surface area is 172 Å². The molecule has 0 aromatic heterocycles. The number of aliphatic imine (C=N–C) groups is 1. The fourth-order valence-electron chi connectivity index (χ4n) is 1.87. The van der Waals surface area contributed by atoms with E-state index in [4.69, 9.17) is 25.8 Å². The van der Waals surface area contributed by atoms with Crippen LogP contribution in [0.3, 0.4) is 0 Å². The summed E-state index contributed by atoms with van der Waals surface area (Å²) in [7, 11) is 3.64. The highest BCUT2D eigenvalue weighted by Gasteiger charge is 2.05. The van der Waals surface area contributed by atoms with Crippen molar-refractivity contribution in [3.63, 3.8) is 0 Å². The summed E-state index contributed by atoms with van der Waals surface area (Å²) < 4.78 is 16.1. The summed E-state index contributed by atoms with van der Waals surface area (Å²) in [6, 6.07) is 7.35. The molecule has 0 aliphatic rings. The molecular weight excluding hydrogens is 457 g/mol. The largest absolute Gasteiger partial charge is 0.492 e. The third kappa shape index (κ3) is 11.5. The van der Waals surface area contributed by atoms with Gasteiger partial charge in [-0.05, 0) is 31.2 Å². The van der Waals surface area contributed by atoms with Crippen LogP contribution in [-0.2, 0) is 9.47 Å². The number of likely N-dealkylation sites (N-methyl/N-ethyl adjacent to an activating group) is 1. The normalized spacial score (nSPS) is 11.0. The van der Waals surface area contributed by atoms with Crippen LogP contribution in [0.5, 0.6) is 5.75 Å². The van der Waals surface area contributed by atoms with Crippen molar-refractivity contribution in [3.8, 4) is 5.75 Å². The fraction of sp³-hybridized carbons (Fsp3) is 0.588. The van der Waals surface area contributed by atoms with E-state index in [0.717, 1.165) is 24.8 Å². The van der Waals surface area contributed by atoms with Crippen LogP contribution in [0.2, 0.25) is 5.02 Å². The summed E-state index contributed by atoms with van der Waals surface area (Å²) in [6.45, 7) is 6.52. The minimum atomic E-state index is 0. The maximum absolute atomic E-state index is 5.86. The summed E-state index contributed by atoms with van der Waals surface area (Å²) in [4.78, 5) is 6.58. The van der Waals surface area contributed by atoms with Crippen molar-refractivity contribution in [2.75, 3.05) is 60.2 Å². The molecule has 0 bridgehead atoms. The number of guanidine groups is 1. The molecule has 25 heavy (non-hydrogen) atoms. The van der Waals surface area contributed by atoms with Gasteiger partial charge >= 0.3 is 0 Å². The fourth-order valence-corrected chi connectivity index (χ4v) is 1.99. The average Bonchev–Trinajstić information content (AvgIpc) is 2.58. The number of methoxy groups -OCH3 is 1. The lowest BCUT2D eigenvalue weighted by Crippen LogP contribution is -2.41. The van der Waals surface area contributed by atoms with Crippen LogP contribution in [0.15, 0.2) is 29.3 Å². The summed E-state index contributed by atoms with van der Waals surface area (Å²) in [5.74, 6) is 1.65. The van der Waals surface area contributed by atoms with E-state index in [-0.39, 0.29) is 24.0 Å². The Morgan fingerprint density at radius 2 is 1.88 bits per heavy atom. The number of ether oxygens (including phenoxy) is 3. The molecule has 0 aliphatic carbocycles. The van der Waals surface area contributed by atoms with Gasteiger partial charge in [-0.3, -0.25) is 4.99 Å². The maximum Gasteiger partial charge on any atom is 0.193 e. The first-order valence-electron chi connectivity index (χ1n) is 8.11. The molecule has 0 aliphatic heterocycles. The van der Waals surface area contributed by atoms with Gasteiger partial charge in [0.15, 0.2) is 5.96 Å². The van der Waals surface area contributed by atoms with Gasteiger partial charge in [0.1, 0.15) is 12.4 Å². The Bertz CT molecular complexity index is 475. The Morgan fingerprint density at radius 3 is 2.52 bits per heavy atom. The van der Waals surface area contributed by atoms with Crippen molar-refractivity contribution >= 4 is 41.5 Å². The molecule has 1 rings (SSSR count). The third-order valence-corrected chi connectivity index (χ3v) is 3.39. The molecule has 0 radical (unpaired) electrons. The lowest BCUT2D eigenvalue weighted by molar-refractivity contribution is 0.0747. The number of benzene rings is 1. The van der Waals surface area contributed by atoms with Crippen LogP contribution in [-0.4, -0.2) is 71.1 Å². The van der Waals surface area contributed by atoms with E-state index >= 15 is 0 Å². The first kappa shape index (κ1) is 24.2. The van der Waals surface area contributed by atoms with Gasteiger partial charge in [-0.25, -0.2) is 0 Å². The summed E-state index contributed by atoms with van der Waals surface area (Å²) >= 11 is 5.86. The number of nitrogens with zero attached hydrogens (tertiary/aromatic N) is 2. The van der Waals surface area contributed by atoms with Gasteiger partial charge in [-0.15, -0.1) is 24.0 Å². The molecule has 1 N–H and O–H groups in total. The standard InChI is InChI=1S/C17H28ClN3O3.HI/c1-4-19-17(20-9-11-23-14-13-22-3)21(2)10-12-24-16-7-5-15(18)6-8-16;/h5-8H,4,9-14H2,1-3H3,(H,19,20);1H. The van der Waals surface area contributed by atoms with Crippen molar-refractivity contribution in [3.05, 3.63) is 29.3 Å². The van der Waals surface area contributed by atoms with Crippen molar-refractivity contribution < 1.29 is 14.2 Å². The van der Waals surface area contributed by atoms with Gasteiger partial charge in [-0.1, -0.05) is 11.6 Å². The van der Waals surface area contributed by atoms with Crippen LogP contribution < -0.4 is 10.1 Å². The van der Waals surface area contributed by atoms with Crippen molar-refractivity contribution in [2.45, 2.75) is 6.92 Å². The Morgan fingerprint density at radius 1 is 1.16 bits per heavy atom. The van der Waals surface area contributed by atoms with E-state index in [9.17, 15) is 0 Å². The lowest BCUT2D eigenvalue weighted by atomic mass is 10.3. The molecule has 8 heteroatoms. The average molecular weight is 486 g/mol. The number of halogens is 2. The van der Waals surface area contributed by atoms with Gasteiger partial charge in [0.2, 0.25) is 0 Å². The van der Waals surface area contributed by atoms with Crippen LogP contribution in [0.1, 0.15) is 6.92 Å². The zero-order chi connectivity index (χ0) is 17.6. The van der Waals surface area contributed by atoms with Crippen LogP contribution in [0, 0.1) is 0 Å². The Kier molecular flexibility index (Phi) is 15.0. The number of nitrogens with one attached hydrogen (secondary N) is 1. The summed E-state index contributed by atoms with van der Waals surface area (Å²) in [6.07, 6.45) is 0. The van der Waals surface area contributed by atoms with Crippen LogP contribution in [0.4, 0.5) is 0 Å². The molecule has 1 aromatic rings. The van der Waals surface area contributed by atoms with Gasteiger partial charge in [0.25, 0.3) is 0 Å². The minimum absolute atomic E-state index is 0. The highest BCUT2D eigenvalue weighted by Crippen LogP contribution is 2.15. The SMILES string of the molecule is CCNC(=NCCOCCOC)N(C)CCOc1ccc(Cl)cc1.I. The number of rotatable bonds is 11. The first-order chi connectivity index (χ1) is 11.7. The molecule has 0 unspecified atom stereocenters. The maximum atomic E-state index is 5.86. The Balaban J connectivity index is 0.00000576. The topological polar surface area (TPSA) is 55.3 Å². The van der Waals surface area contributed by atoms with E-state index in [1.54, 1.807) is 7.11 Å². The molecule has 1 aromatic carbocycles. The van der Waals surface area contributed by atoms with Gasteiger partial charge in [0.05, 0.1) is 32.9 Å². The molecular formula is C17H29ClIN3O3. The zero-order valence-corrected chi connectivity index (χ0v) is 18.3. The van der Waals surface area contributed by atoms with Crippen molar-refractivity contribution in [1.82, 2.24) is 10.2 Å². The quantitative estimate of drug-likeness (QED) is 0.226. The molecule has 0 spiro atoms. The van der Waals surface area contributed by atoms with E-state index < -0.39 is 0 Å². The summed E-state index contributed by atoms with van der Waals surface area (Å²) in [5.41, 5.74) is 0. The van der Waals surface area contributed by atoms with E-state index in [1.165, 1.54) is 0 Å². The van der Waals surface area contributed by atoms with Gasteiger partial charge in [-0.2, -0.15) is 0 Å². The van der Waals surface area contributed by atoms with Crippen LogP contribution >= 0.6 is 35.6 Å². The molecule has 6 nitrogen and oxygen atoms in total. The van der Waals surface area contributed by atoms with Crippen LogP contribution in [0.25, 0.3) is 0 Å². The molecule has 0 saturated heterocycles. The number of hydrogen-bond acceptors (Lipinski definition) is 4. The highest BCUT2D eigenvalue weighted by atomic mass is 127. The van der Waals surface area contributed by atoms with Crippen molar-refractivity contribution in [1.29, 1.82) is 0 Å². The third-order valence-electron chi connectivity index (χ3n) is 3.13. The summed E-state index contributed by atoms with van der Waals surface area (Å²) in [5, 5.41) is 3.97.